The van der Waals surface area contributed by atoms with Crippen molar-refractivity contribution in [1.82, 2.24) is 5.32 Å². The maximum atomic E-state index is 11.2. The molecule has 0 radical (unpaired) electrons. The Kier molecular flexibility index (Phi) is 4.29. The van der Waals surface area contributed by atoms with Gasteiger partial charge in [0.2, 0.25) is 5.78 Å². The van der Waals surface area contributed by atoms with E-state index >= 15 is 0 Å². The third kappa shape index (κ3) is 3.77. The van der Waals surface area contributed by atoms with Gasteiger partial charge in [-0.05, 0) is 18.6 Å². The fourth-order valence-electron chi connectivity index (χ4n) is 1.06. The number of carbonyl (C=O) groups excluding carboxylic acids is 2. The number of nitrogens with one attached hydrogen (secondary N) is 1. The third-order valence-electron chi connectivity index (χ3n) is 1.79. The van der Waals surface area contributed by atoms with Gasteiger partial charge < -0.3 is 5.32 Å². The summed E-state index contributed by atoms with van der Waals surface area (Å²) in [6, 6.07) is 9.36. The highest BCUT2D eigenvalue weighted by molar-refractivity contribution is 6.41. The number of rotatable bonds is 4. The van der Waals surface area contributed by atoms with Crippen LogP contribution in [0.2, 0.25) is 0 Å². The first-order valence-corrected chi connectivity index (χ1v) is 4.79. The van der Waals surface area contributed by atoms with Crippen LogP contribution in [0.5, 0.6) is 0 Å². The fraction of sp³-hybridized carbons (Fsp3) is 0.167. The van der Waals surface area contributed by atoms with Crippen LogP contribution in [0.15, 0.2) is 36.4 Å². The molecule has 15 heavy (non-hydrogen) atoms. The summed E-state index contributed by atoms with van der Waals surface area (Å²) in [5.74, 6) is -1.09. The van der Waals surface area contributed by atoms with Crippen LogP contribution in [-0.2, 0) is 9.59 Å². The van der Waals surface area contributed by atoms with Gasteiger partial charge in [-0.2, -0.15) is 0 Å². The minimum absolute atomic E-state index is 0.462. The molecule has 78 valence electrons. The highest BCUT2D eigenvalue weighted by Gasteiger charge is 2.06. The summed E-state index contributed by atoms with van der Waals surface area (Å²) < 4.78 is 0. The van der Waals surface area contributed by atoms with Gasteiger partial charge in [0, 0.05) is 6.54 Å². The average Bonchev–Trinajstić information content (AvgIpc) is 2.27. The molecule has 0 aliphatic carbocycles. The number of ketones is 1. The van der Waals surface area contributed by atoms with Crippen LogP contribution >= 0.6 is 0 Å². The Morgan fingerprint density at radius 1 is 1.27 bits per heavy atom. The molecule has 0 heterocycles. The lowest BCUT2D eigenvalue weighted by atomic mass is 10.2. The molecule has 0 saturated heterocycles. The van der Waals surface area contributed by atoms with Crippen molar-refractivity contribution in [3.63, 3.8) is 0 Å². The molecule has 0 saturated carbocycles. The van der Waals surface area contributed by atoms with E-state index in [4.69, 9.17) is 0 Å². The van der Waals surface area contributed by atoms with Crippen molar-refractivity contribution < 1.29 is 9.59 Å². The molecule has 1 aromatic carbocycles. The number of carbonyl (C=O) groups is 2. The van der Waals surface area contributed by atoms with E-state index in [1.54, 1.807) is 13.0 Å². The van der Waals surface area contributed by atoms with Gasteiger partial charge in [0.05, 0.1) is 0 Å². The predicted octanol–water partition coefficient (Wildman–Crippen LogP) is 1.41. The van der Waals surface area contributed by atoms with E-state index in [9.17, 15) is 9.59 Å². The molecule has 3 heteroatoms. The SMILES string of the molecule is CCNC(=O)C(=O)/C=C/c1ccccc1. The predicted molar refractivity (Wildman–Crippen MR) is 59.2 cm³/mol. The molecule has 3 nitrogen and oxygen atoms in total. The smallest absolute Gasteiger partial charge is 0.291 e. The van der Waals surface area contributed by atoms with Crippen molar-refractivity contribution in [2.75, 3.05) is 6.54 Å². The Morgan fingerprint density at radius 3 is 2.53 bits per heavy atom. The highest BCUT2D eigenvalue weighted by Crippen LogP contribution is 2.00. The molecular weight excluding hydrogens is 190 g/mol. The first-order chi connectivity index (χ1) is 7.24. The van der Waals surface area contributed by atoms with Crippen LogP contribution in [0.4, 0.5) is 0 Å². The molecule has 0 aromatic heterocycles. The third-order valence-corrected chi connectivity index (χ3v) is 1.79. The van der Waals surface area contributed by atoms with Crippen molar-refractivity contribution in [1.29, 1.82) is 0 Å². The molecule has 1 N–H and O–H groups in total. The normalized spacial score (nSPS) is 10.2. The minimum atomic E-state index is -0.565. The summed E-state index contributed by atoms with van der Waals surface area (Å²) in [4.78, 5) is 22.3. The number of amides is 1. The van der Waals surface area contributed by atoms with Crippen molar-refractivity contribution in [2.24, 2.45) is 0 Å². The molecule has 0 fully saturated rings. The van der Waals surface area contributed by atoms with Gasteiger partial charge in [-0.1, -0.05) is 36.4 Å². The highest BCUT2D eigenvalue weighted by atomic mass is 16.2. The molecular formula is C12H13NO2. The Morgan fingerprint density at radius 2 is 1.93 bits per heavy atom. The summed E-state index contributed by atoms with van der Waals surface area (Å²) in [6.07, 6.45) is 2.90. The van der Waals surface area contributed by atoms with Gasteiger partial charge in [-0.15, -0.1) is 0 Å². The second-order valence-electron chi connectivity index (χ2n) is 2.97. The molecule has 1 amide bonds. The molecule has 0 aliphatic rings. The zero-order valence-electron chi connectivity index (χ0n) is 8.57. The van der Waals surface area contributed by atoms with Crippen LogP contribution in [-0.4, -0.2) is 18.2 Å². The van der Waals surface area contributed by atoms with Gasteiger partial charge in [0.15, 0.2) is 0 Å². The van der Waals surface area contributed by atoms with E-state index in [-0.39, 0.29) is 0 Å². The van der Waals surface area contributed by atoms with Crippen LogP contribution in [0.25, 0.3) is 6.08 Å². The fourth-order valence-corrected chi connectivity index (χ4v) is 1.06. The Hall–Kier alpha value is -1.90. The maximum Gasteiger partial charge on any atom is 0.291 e. The van der Waals surface area contributed by atoms with Crippen molar-refractivity contribution in [3.8, 4) is 0 Å². The number of likely N-dealkylation sites (N-methyl/N-ethyl adjacent to an activating group) is 1. The molecule has 1 rings (SSSR count). The topological polar surface area (TPSA) is 46.2 Å². The van der Waals surface area contributed by atoms with Crippen LogP contribution < -0.4 is 5.32 Å². The van der Waals surface area contributed by atoms with Crippen molar-refractivity contribution >= 4 is 17.8 Å². The van der Waals surface area contributed by atoms with E-state index in [1.165, 1.54) is 6.08 Å². The number of hydrogen-bond donors (Lipinski definition) is 1. The standard InChI is InChI=1S/C12H13NO2/c1-2-13-12(15)11(14)9-8-10-6-4-3-5-7-10/h3-9H,2H2,1H3,(H,13,15)/b9-8+. The minimum Gasteiger partial charge on any atom is -0.349 e. The van der Waals surface area contributed by atoms with Crippen molar-refractivity contribution in [3.05, 3.63) is 42.0 Å². The molecule has 0 bridgehead atoms. The zero-order chi connectivity index (χ0) is 11.1. The lowest BCUT2D eigenvalue weighted by Crippen LogP contribution is -2.29. The summed E-state index contributed by atoms with van der Waals surface area (Å²) in [7, 11) is 0. The first-order valence-electron chi connectivity index (χ1n) is 4.79. The van der Waals surface area contributed by atoms with Crippen LogP contribution in [0, 0.1) is 0 Å². The molecule has 1 aromatic rings. The van der Waals surface area contributed by atoms with E-state index in [0.717, 1.165) is 5.56 Å². The van der Waals surface area contributed by atoms with Crippen LogP contribution in [0.1, 0.15) is 12.5 Å². The van der Waals surface area contributed by atoms with E-state index in [1.807, 2.05) is 30.3 Å². The van der Waals surface area contributed by atoms with Crippen molar-refractivity contribution in [2.45, 2.75) is 6.92 Å². The zero-order valence-corrected chi connectivity index (χ0v) is 8.57. The molecule has 0 aliphatic heterocycles. The lowest BCUT2D eigenvalue weighted by Gasteiger charge is -1.96. The van der Waals surface area contributed by atoms with E-state index in [2.05, 4.69) is 5.32 Å². The van der Waals surface area contributed by atoms with Gasteiger partial charge in [-0.3, -0.25) is 9.59 Å². The van der Waals surface area contributed by atoms with Gasteiger partial charge in [0.1, 0.15) is 0 Å². The largest absolute Gasteiger partial charge is 0.349 e. The number of hydrogen-bond acceptors (Lipinski definition) is 2. The Balaban J connectivity index is 2.59. The second-order valence-corrected chi connectivity index (χ2v) is 2.97. The molecule has 0 unspecified atom stereocenters. The molecule has 0 atom stereocenters. The van der Waals surface area contributed by atoms with E-state index in [0.29, 0.717) is 6.54 Å². The summed E-state index contributed by atoms with van der Waals surface area (Å²) >= 11 is 0. The van der Waals surface area contributed by atoms with E-state index < -0.39 is 11.7 Å². The molecule has 0 spiro atoms. The second kappa shape index (κ2) is 5.75. The monoisotopic (exact) mass is 203 g/mol. The quantitative estimate of drug-likeness (QED) is 0.594. The Labute approximate surface area is 88.8 Å². The van der Waals surface area contributed by atoms with Gasteiger partial charge >= 0.3 is 0 Å². The summed E-state index contributed by atoms with van der Waals surface area (Å²) in [5.41, 5.74) is 0.898. The average molecular weight is 203 g/mol. The van der Waals surface area contributed by atoms with Gasteiger partial charge in [0.25, 0.3) is 5.91 Å². The maximum absolute atomic E-state index is 11.2. The first kappa shape index (κ1) is 11.2. The lowest BCUT2D eigenvalue weighted by molar-refractivity contribution is -0.135. The Bertz CT molecular complexity index is 368. The summed E-state index contributed by atoms with van der Waals surface area (Å²) in [5, 5.41) is 2.44. The number of benzene rings is 1. The van der Waals surface area contributed by atoms with Crippen LogP contribution in [0.3, 0.4) is 0 Å². The van der Waals surface area contributed by atoms with Gasteiger partial charge in [-0.25, -0.2) is 0 Å². The summed E-state index contributed by atoms with van der Waals surface area (Å²) in [6.45, 7) is 2.23.